The molecule has 4 nitrogen and oxygen atoms in total. The lowest BCUT2D eigenvalue weighted by Crippen LogP contribution is -2.55. The number of benzene rings is 1. The highest BCUT2D eigenvalue weighted by Gasteiger charge is 2.58. The minimum Gasteiger partial charge on any atom is -0.438 e. The van der Waals surface area contributed by atoms with Crippen molar-refractivity contribution in [3.05, 3.63) is 47.5 Å². The minimum atomic E-state index is -1.31. The van der Waals surface area contributed by atoms with Gasteiger partial charge < -0.3 is 9.84 Å². The molecule has 1 amide bonds. The van der Waals surface area contributed by atoms with Gasteiger partial charge >= 0.3 is 6.09 Å². The quantitative estimate of drug-likeness (QED) is 0.810. The maximum atomic E-state index is 12.3. The van der Waals surface area contributed by atoms with Crippen molar-refractivity contribution in [1.82, 2.24) is 4.90 Å². The molecule has 0 aliphatic carbocycles. The average molecular weight is 317 g/mol. The Hall–Kier alpha value is -1.81. The number of aliphatic hydroxyl groups is 1. The monoisotopic (exact) mass is 317 g/mol. The Morgan fingerprint density at radius 3 is 2.52 bits per heavy atom. The smallest absolute Gasteiger partial charge is 0.412 e. The Morgan fingerprint density at radius 2 is 1.91 bits per heavy atom. The van der Waals surface area contributed by atoms with Crippen LogP contribution in [0.4, 0.5) is 4.79 Å². The van der Waals surface area contributed by atoms with Crippen molar-refractivity contribution in [1.29, 1.82) is 0 Å². The normalized spacial score (nSPS) is 27.0. The van der Waals surface area contributed by atoms with Gasteiger partial charge in [-0.3, -0.25) is 4.90 Å². The van der Waals surface area contributed by atoms with Gasteiger partial charge in [-0.1, -0.05) is 42.0 Å². The largest absolute Gasteiger partial charge is 0.438 e. The summed E-state index contributed by atoms with van der Waals surface area (Å²) in [5.41, 5.74) is 0.147. The highest BCUT2D eigenvalue weighted by molar-refractivity contribution is 5.72. The maximum Gasteiger partial charge on any atom is 0.412 e. The molecule has 1 aliphatic rings. The Kier molecular flexibility index (Phi) is 5.15. The molecular formula is C19H27NO3. The van der Waals surface area contributed by atoms with E-state index in [1.165, 1.54) is 10.5 Å². The molecule has 1 N–H and O–H groups in total. The van der Waals surface area contributed by atoms with Gasteiger partial charge in [-0.2, -0.15) is 0 Å². The van der Waals surface area contributed by atoms with E-state index in [1.54, 1.807) is 6.92 Å². The van der Waals surface area contributed by atoms with Gasteiger partial charge in [0.15, 0.2) is 11.3 Å². The van der Waals surface area contributed by atoms with Gasteiger partial charge in [0, 0.05) is 6.54 Å². The number of ether oxygens (including phenoxy) is 1. The zero-order valence-electron chi connectivity index (χ0n) is 14.5. The number of nitrogens with zero attached hydrogens (tertiary/aromatic N) is 1. The number of allylic oxidation sites excluding steroid dienone is 2. The number of carbonyl (C=O) groups is 1. The lowest BCUT2D eigenvalue weighted by molar-refractivity contribution is -0.138. The van der Waals surface area contributed by atoms with Gasteiger partial charge in [-0.05, 0) is 52.5 Å². The maximum absolute atomic E-state index is 12.3. The fourth-order valence-corrected chi connectivity index (χ4v) is 2.93. The van der Waals surface area contributed by atoms with Crippen molar-refractivity contribution < 1.29 is 14.6 Å². The van der Waals surface area contributed by atoms with Crippen molar-refractivity contribution in [2.24, 2.45) is 0 Å². The fraction of sp³-hybridized carbons (Fsp3) is 0.526. The van der Waals surface area contributed by atoms with Crippen molar-refractivity contribution in [2.45, 2.75) is 58.3 Å². The lowest BCUT2D eigenvalue weighted by Gasteiger charge is -2.37. The Labute approximate surface area is 138 Å². The van der Waals surface area contributed by atoms with E-state index in [2.05, 4.69) is 6.08 Å². The first kappa shape index (κ1) is 17.5. The van der Waals surface area contributed by atoms with Gasteiger partial charge in [-0.15, -0.1) is 0 Å². The first-order valence-corrected chi connectivity index (χ1v) is 8.16. The summed E-state index contributed by atoms with van der Waals surface area (Å²) in [6, 6.07) is 9.94. The summed E-state index contributed by atoms with van der Waals surface area (Å²) >= 11 is 0. The highest BCUT2D eigenvalue weighted by atomic mass is 16.6. The van der Waals surface area contributed by atoms with Gasteiger partial charge in [-0.25, -0.2) is 4.79 Å². The molecule has 0 radical (unpaired) electrons. The van der Waals surface area contributed by atoms with Crippen LogP contribution in [0.3, 0.4) is 0 Å². The van der Waals surface area contributed by atoms with Crippen LogP contribution in [-0.4, -0.2) is 34.0 Å². The SMILES string of the molecule is CC(C)=CCC[C@]1(C)OC(=O)N(CCc2ccccc2)[C@@]1(C)O. The number of amides is 1. The average Bonchev–Trinajstić information content (AvgIpc) is 2.63. The van der Waals surface area contributed by atoms with E-state index in [0.29, 0.717) is 19.4 Å². The topological polar surface area (TPSA) is 49.8 Å². The van der Waals surface area contributed by atoms with Crippen molar-refractivity contribution in [3.63, 3.8) is 0 Å². The molecular weight excluding hydrogens is 290 g/mol. The molecule has 126 valence electrons. The Balaban J connectivity index is 2.06. The second-order valence-corrected chi connectivity index (χ2v) is 6.83. The standard InChI is InChI=1S/C19H27NO3/c1-15(2)9-8-13-18(3)19(4,22)20(17(21)23-18)14-12-16-10-6-5-7-11-16/h5-7,9-11,22H,8,12-14H2,1-4H3/t18-,19-/m0/s1. The first-order valence-electron chi connectivity index (χ1n) is 8.16. The molecule has 1 heterocycles. The van der Waals surface area contributed by atoms with E-state index in [0.717, 1.165) is 12.0 Å². The third-order valence-electron chi connectivity index (χ3n) is 4.70. The molecule has 1 aromatic carbocycles. The predicted molar refractivity (Wildman–Crippen MR) is 91.0 cm³/mol. The van der Waals surface area contributed by atoms with Crippen LogP contribution in [-0.2, 0) is 11.2 Å². The minimum absolute atomic E-state index is 0.439. The van der Waals surface area contributed by atoms with E-state index in [4.69, 9.17) is 4.74 Å². The van der Waals surface area contributed by atoms with Crippen molar-refractivity contribution in [3.8, 4) is 0 Å². The first-order chi connectivity index (χ1) is 10.8. The molecule has 0 unspecified atom stereocenters. The van der Waals surface area contributed by atoms with E-state index >= 15 is 0 Å². The van der Waals surface area contributed by atoms with E-state index in [-0.39, 0.29) is 0 Å². The molecule has 1 saturated heterocycles. The van der Waals surface area contributed by atoms with Crippen LogP contribution in [0.1, 0.15) is 46.1 Å². The summed E-state index contributed by atoms with van der Waals surface area (Å²) < 4.78 is 5.55. The zero-order chi connectivity index (χ0) is 17.1. The van der Waals surface area contributed by atoms with Gasteiger partial charge in [0.2, 0.25) is 0 Å². The number of hydrogen-bond donors (Lipinski definition) is 1. The zero-order valence-corrected chi connectivity index (χ0v) is 14.5. The molecule has 2 rings (SSSR count). The Bertz CT molecular complexity index is 576. The van der Waals surface area contributed by atoms with Crippen LogP contribution < -0.4 is 0 Å². The Morgan fingerprint density at radius 1 is 1.26 bits per heavy atom. The molecule has 0 spiro atoms. The van der Waals surface area contributed by atoms with Gasteiger partial charge in [0.1, 0.15) is 0 Å². The molecule has 0 saturated carbocycles. The molecule has 23 heavy (non-hydrogen) atoms. The second kappa shape index (κ2) is 6.75. The molecule has 1 fully saturated rings. The molecule has 1 aromatic rings. The summed E-state index contributed by atoms with van der Waals surface area (Å²) in [7, 11) is 0. The third kappa shape index (κ3) is 3.75. The lowest BCUT2D eigenvalue weighted by atomic mass is 9.88. The third-order valence-corrected chi connectivity index (χ3v) is 4.70. The molecule has 2 atom stereocenters. The van der Waals surface area contributed by atoms with E-state index in [1.807, 2.05) is 51.1 Å². The predicted octanol–water partition coefficient (Wildman–Crippen LogP) is 3.89. The number of hydrogen-bond acceptors (Lipinski definition) is 3. The second-order valence-electron chi connectivity index (χ2n) is 6.83. The summed E-state index contributed by atoms with van der Waals surface area (Å²) in [5.74, 6) is 0. The summed E-state index contributed by atoms with van der Waals surface area (Å²) in [6.07, 6.45) is 3.72. The van der Waals surface area contributed by atoms with Crippen molar-refractivity contribution >= 4 is 6.09 Å². The summed E-state index contributed by atoms with van der Waals surface area (Å²) in [4.78, 5) is 13.7. The van der Waals surface area contributed by atoms with Crippen LogP contribution in [0, 0.1) is 0 Å². The molecule has 4 heteroatoms. The van der Waals surface area contributed by atoms with Crippen LogP contribution in [0.25, 0.3) is 0 Å². The summed E-state index contributed by atoms with van der Waals surface area (Å²) in [6.45, 7) is 7.99. The molecule has 0 bridgehead atoms. The number of rotatable bonds is 6. The van der Waals surface area contributed by atoms with Gasteiger partial charge in [0.05, 0.1) is 0 Å². The fourth-order valence-electron chi connectivity index (χ4n) is 2.93. The molecule has 0 aromatic heterocycles. The highest BCUT2D eigenvalue weighted by Crippen LogP contribution is 2.40. The summed E-state index contributed by atoms with van der Waals surface area (Å²) in [5, 5.41) is 10.9. The van der Waals surface area contributed by atoms with Crippen LogP contribution in [0.5, 0.6) is 0 Å². The van der Waals surface area contributed by atoms with E-state index < -0.39 is 17.4 Å². The van der Waals surface area contributed by atoms with Gasteiger partial charge in [0.25, 0.3) is 0 Å². The van der Waals surface area contributed by atoms with Crippen LogP contribution in [0.15, 0.2) is 42.0 Å². The number of carbonyl (C=O) groups excluding carboxylic acids is 1. The van der Waals surface area contributed by atoms with Crippen molar-refractivity contribution in [2.75, 3.05) is 6.54 Å². The molecule has 1 aliphatic heterocycles. The van der Waals surface area contributed by atoms with E-state index in [9.17, 15) is 9.90 Å². The number of cyclic esters (lactones) is 1. The van der Waals surface area contributed by atoms with Crippen LogP contribution >= 0.6 is 0 Å². The van der Waals surface area contributed by atoms with Crippen LogP contribution in [0.2, 0.25) is 0 Å².